The van der Waals surface area contributed by atoms with Crippen LogP contribution in [0.5, 0.6) is 11.5 Å². The molecule has 252 valence electrons. The van der Waals surface area contributed by atoms with Crippen LogP contribution in [-0.2, 0) is 0 Å². The molecule has 0 radical (unpaired) electrons. The lowest BCUT2D eigenvalue weighted by Crippen LogP contribution is -2.10. The molecule has 1 heterocycles. The quantitative estimate of drug-likeness (QED) is 0.159. The third kappa shape index (κ3) is 6.26. The molecule has 0 amide bonds. The van der Waals surface area contributed by atoms with E-state index in [1.54, 1.807) is 0 Å². The Balaban J connectivity index is 1.22. The molecule has 3 nitrogen and oxygen atoms in total. The van der Waals surface area contributed by atoms with E-state index >= 15 is 0 Å². The molecule has 0 bridgehead atoms. The minimum Gasteiger partial charge on any atom is -0.456 e. The van der Waals surface area contributed by atoms with Crippen LogP contribution in [-0.4, -0.2) is 0 Å². The lowest BCUT2D eigenvalue weighted by atomic mass is 9.84. The van der Waals surface area contributed by atoms with Gasteiger partial charge in [0.15, 0.2) is 0 Å². The average molecular weight is 681 g/mol. The Morgan fingerprint density at radius 1 is 0.283 bits per heavy atom. The fourth-order valence-corrected chi connectivity index (χ4v) is 7.27. The first kappa shape index (κ1) is 31.9. The Morgan fingerprint density at radius 2 is 0.566 bits per heavy atom. The Kier molecular flexibility index (Phi) is 8.57. The molecule has 0 aromatic heterocycles. The first-order chi connectivity index (χ1) is 26.3. The normalized spacial score (nSPS) is 11.5. The minimum atomic E-state index is 0.852. The number of fused-ring (bicyclic) bond motifs is 2. The van der Waals surface area contributed by atoms with Gasteiger partial charge < -0.3 is 14.5 Å². The van der Waals surface area contributed by atoms with Crippen molar-refractivity contribution in [3.63, 3.8) is 0 Å². The van der Waals surface area contributed by atoms with Crippen LogP contribution in [0.2, 0.25) is 0 Å². The maximum Gasteiger partial charge on any atom is 0.135 e. The van der Waals surface area contributed by atoms with Crippen molar-refractivity contribution < 1.29 is 4.74 Å². The van der Waals surface area contributed by atoms with Gasteiger partial charge in [0.05, 0.1) is 0 Å². The van der Waals surface area contributed by atoms with E-state index in [0.717, 1.165) is 79.0 Å². The molecule has 0 atom stereocenters. The number of benzene rings is 8. The van der Waals surface area contributed by atoms with Crippen LogP contribution in [0.1, 0.15) is 22.3 Å². The fourth-order valence-electron chi connectivity index (χ4n) is 7.27. The smallest absolute Gasteiger partial charge is 0.135 e. The van der Waals surface area contributed by atoms with Crippen LogP contribution in [0, 0.1) is 0 Å². The van der Waals surface area contributed by atoms with Gasteiger partial charge in [-0.05, 0) is 102 Å². The van der Waals surface area contributed by atoms with E-state index in [-0.39, 0.29) is 0 Å². The Morgan fingerprint density at radius 3 is 0.906 bits per heavy atom. The number of nitrogens with zero attached hydrogens (tertiary/aromatic N) is 2. The molecule has 1 aliphatic heterocycles. The molecular formula is C50H36N2O. The molecule has 53 heavy (non-hydrogen) atoms. The number of hydrogen-bond acceptors (Lipinski definition) is 3. The second kappa shape index (κ2) is 14.3. The number of hydrogen-bond donors (Lipinski definition) is 0. The zero-order chi connectivity index (χ0) is 35.4. The zero-order valence-electron chi connectivity index (χ0n) is 29.1. The Bertz CT molecular complexity index is 2240. The average Bonchev–Trinajstić information content (AvgIpc) is 3.23. The minimum absolute atomic E-state index is 0.852. The van der Waals surface area contributed by atoms with Gasteiger partial charge in [0.25, 0.3) is 0 Å². The van der Waals surface area contributed by atoms with Crippen molar-refractivity contribution in [2.45, 2.75) is 0 Å². The summed E-state index contributed by atoms with van der Waals surface area (Å²) in [4.78, 5) is 4.60. The largest absolute Gasteiger partial charge is 0.456 e. The Hall–Kier alpha value is -7.10. The van der Waals surface area contributed by atoms with E-state index in [9.17, 15) is 0 Å². The number of para-hydroxylation sites is 6. The Labute approximate surface area is 310 Å². The van der Waals surface area contributed by atoms with E-state index < -0.39 is 0 Å². The predicted octanol–water partition coefficient (Wildman–Crippen LogP) is 13.7. The third-order valence-electron chi connectivity index (χ3n) is 9.67. The fraction of sp³-hybridized carbons (Fsp3) is 0. The molecule has 0 spiro atoms. The van der Waals surface area contributed by atoms with Gasteiger partial charge in [0.2, 0.25) is 0 Å². The van der Waals surface area contributed by atoms with Gasteiger partial charge in [-0.1, -0.05) is 133 Å². The van der Waals surface area contributed by atoms with Gasteiger partial charge in [-0.15, -0.1) is 0 Å². The van der Waals surface area contributed by atoms with Crippen molar-refractivity contribution in [3.8, 4) is 11.5 Å². The van der Waals surface area contributed by atoms with Crippen molar-refractivity contribution in [3.05, 3.63) is 241 Å². The van der Waals surface area contributed by atoms with E-state index in [1.165, 1.54) is 0 Å². The first-order valence-corrected chi connectivity index (χ1v) is 17.9. The number of rotatable bonds is 8. The SMILES string of the molecule is c1ccc(N(c2ccccc2)c2ccc(C(=C3c4ccccc4Oc4ccccc43)c3ccc(N(c4ccccc4)c4ccccc4)cc3)cc2)cc1. The van der Waals surface area contributed by atoms with Crippen LogP contribution < -0.4 is 14.5 Å². The molecule has 8 aromatic carbocycles. The summed E-state index contributed by atoms with van der Waals surface area (Å²) in [5.41, 5.74) is 13.3. The highest BCUT2D eigenvalue weighted by molar-refractivity contribution is 6.07. The van der Waals surface area contributed by atoms with Crippen molar-refractivity contribution in [2.24, 2.45) is 0 Å². The molecule has 0 unspecified atom stereocenters. The molecule has 0 N–H and O–H groups in total. The molecule has 0 saturated carbocycles. The molecule has 0 fully saturated rings. The van der Waals surface area contributed by atoms with E-state index in [0.29, 0.717) is 0 Å². The van der Waals surface area contributed by atoms with Gasteiger partial charge in [-0.3, -0.25) is 0 Å². The van der Waals surface area contributed by atoms with Crippen LogP contribution in [0.25, 0.3) is 11.1 Å². The van der Waals surface area contributed by atoms with Crippen LogP contribution in [0.4, 0.5) is 34.1 Å². The van der Waals surface area contributed by atoms with Crippen molar-refractivity contribution in [1.82, 2.24) is 0 Å². The van der Waals surface area contributed by atoms with Crippen LogP contribution in [0.3, 0.4) is 0 Å². The second-order valence-electron chi connectivity index (χ2n) is 13.0. The molecular weight excluding hydrogens is 645 g/mol. The van der Waals surface area contributed by atoms with Gasteiger partial charge in [0.1, 0.15) is 11.5 Å². The summed E-state index contributed by atoms with van der Waals surface area (Å²) in [6.45, 7) is 0. The van der Waals surface area contributed by atoms with Gasteiger partial charge in [-0.2, -0.15) is 0 Å². The van der Waals surface area contributed by atoms with Crippen molar-refractivity contribution >= 4 is 45.3 Å². The van der Waals surface area contributed by atoms with E-state index in [4.69, 9.17) is 4.74 Å². The highest BCUT2D eigenvalue weighted by Gasteiger charge is 2.26. The highest BCUT2D eigenvalue weighted by atomic mass is 16.5. The summed E-state index contributed by atoms with van der Waals surface area (Å²) < 4.78 is 6.48. The van der Waals surface area contributed by atoms with Gasteiger partial charge in [-0.25, -0.2) is 0 Å². The third-order valence-corrected chi connectivity index (χ3v) is 9.67. The summed E-state index contributed by atoms with van der Waals surface area (Å²) in [5.74, 6) is 1.70. The van der Waals surface area contributed by atoms with Crippen LogP contribution in [0.15, 0.2) is 218 Å². The van der Waals surface area contributed by atoms with Crippen LogP contribution >= 0.6 is 0 Å². The summed E-state index contributed by atoms with van der Waals surface area (Å²) >= 11 is 0. The van der Waals surface area contributed by atoms with E-state index in [1.807, 2.05) is 12.1 Å². The van der Waals surface area contributed by atoms with Crippen molar-refractivity contribution in [2.75, 3.05) is 9.80 Å². The first-order valence-electron chi connectivity index (χ1n) is 17.9. The summed E-state index contributed by atoms with van der Waals surface area (Å²) in [6.07, 6.45) is 0. The van der Waals surface area contributed by atoms with E-state index in [2.05, 4.69) is 216 Å². The number of anilines is 6. The van der Waals surface area contributed by atoms with Crippen molar-refractivity contribution in [1.29, 1.82) is 0 Å². The lowest BCUT2D eigenvalue weighted by Gasteiger charge is -2.28. The molecule has 8 aromatic rings. The number of ether oxygens (including phenoxy) is 1. The maximum atomic E-state index is 6.48. The van der Waals surface area contributed by atoms with Gasteiger partial charge in [0, 0.05) is 50.8 Å². The second-order valence-corrected chi connectivity index (χ2v) is 13.0. The summed E-state index contributed by atoms with van der Waals surface area (Å²) in [5, 5.41) is 0. The lowest BCUT2D eigenvalue weighted by molar-refractivity contribution is 0.474. The molecule has 0 aliphatic carbocycles. The highest BCUT2D eigenvalue weighted by Crippen LogP contribution is 2.49. The monoisotopic (exact) mass is 680 g/mol. The maximum absolute atomic E-state index is 6.48. The summed E-state index contributed by atoms with van der Waals surface area (Å²) in [7, 11) is 0. The molecule has 3 heteroatoms. The molecule has 9 rings (SSSR count). The topological polar surface area (TPSA) is 15.7 Å². The standard InChI is InChI=1S/C50H36N2O/c1-5-17-39(18-6-1)51(40-19-7-2-8-20-40)43-33-29-37(30-34-43)49(50-45-25-13-15-27-47(45)53-48-28-16-14-26-46(48)50)38-31-35-44(36-32-38)52(41-21-9-3-10-22-41)42-23-11-4-12-24-42/h1-36H. The molecule has 0 saturated heterocycles. The predicted molar refractivity (Wildman–Crippen MR) is 220 cm³/mol. The zero-order valence-corrected chi connectivity index (χ0v) is 29.1. The summed E-state index contributed by atoms with van der Waals surface area (Å²) in [6, 6.07) is 76.8. The molecule has 1 aliphatic rings. The van der Waals surface area contributed by atoms with Gasteiger partial charge >= 0.3 is 0 Å².